The number of nitrogens with zero attached hydrogens (tertiary/aromatic N) is 4. The van der Waals surface area contributed by atoms with Crippen LogP contribution in [0.4, 0.5) is 0 Å². The Morgan fingerprint density at radius 1 is 1.71 bits per heavy atom. The highest BCUT2D eigenvalue weighted by molar-refractivity contribution is 5.91. The number of hydrogen-bond donors (Lipinski definition) is 2. The van der Waals surface area contributed by atoms with Gasteiger partial charge in [0.25, 0.3) is 5.91 Å². The topological polar surface area (TPSA) is 97.7 Å². The number of hydrogen-bond acceptors (Lipinski definition) is 5. The van der Waals surface area contributed by atoms with Crippen LogP contribution in [-0.2, 0) is 6.42 Å². The van der Waals surface area contributed by atoms with E-state index in [-0.39, 0.29) is 11.7 Å². The van der Waals surface area contributed by atoms with E-state index in [0.717, 1.165) is 0 Å². The Morgan fingerprint density at radius 3 is 3.18 bits per heavy atom. The number of carbonyl (C=O) groups excluding carboxylic acids is 1. The third-order valence-electron chi connectivity index (χ3n) is 2.71. The fourth-order valence-electron chi connectivity index (χ4n) is 1.74. The van der Waals surface area contributed by atoms with Crippen LogP contribution < -0.4 is 5.32 Å². The number of aromatic nitrogens is 3. The molecule has 2 heterocycles. The summed E-state index contributed by atoms with van der Waals surface area (Å²) in [5.41, 5.74) is 0. The van der Waals surface area contributed by atoms with Crippen molar-refractivity contribution in [3.8, 4) is 6.07 Å². The number of carbonyl (C=O) groups is 1. The summed E-state index contributed by atoms with van der Waals surface area (Å²) >= 11 is 0. The molecule has 1 unspecified atom stereocenters. The molecule has 1 amide bonds. The van der Waals surface area contributed by atoms with Crippen LogP contribution >= 0.6 is 0 Å². The number of rotatable bonds is 2. The normalized spacial score (nSPS) is 20.0. The summed E-state index contributed by atoms with van der Waals surface area (Å²) in [7, 11) is 0. The van der Waals surface area contributed by atoms with E-state index in [2.05, 4.69) is 26.6 Å². The SMILES string of the molecule is CCc1nc(C(=O)N2CCNCC2C#N)n[nH]1. The average molecular weight is 234 g/mol. The average Bonchev–Trinajstić information content (AvgIpc) is 2.86. The lowest BCUT2D eigenvalue weighted by atomic mass is 10.2. The number of amides is 1. The molecule has 2 rings (SSSR count). The van der Waals surface area contributed by atoms with Gasteiger partial charge in [-0.05, 0) is 0 Å². The van der Waals surface area contributed by atoms with Gasteiger partial charge < -0.3 is 10.2 Å². The number of nitriles is 1. The summed E-state index contributed by atoms with van der Waals surface area (Å²) in [5.74, 6) is 0.537. The molecule has 1 atom stereocenters. The van der Waals surface area contributed by atoms with Crippen LogP contribution in [0.2, 0.25) is 0 Å². The molecule has 7 heteroatoms. The highest BCUT2D eigenvalue weighted by Gasteiger charge is 2.29. The predicted octanol–water partition coefficient (Wildman–Crippen LogP) is -0.695. The second kappa shape index (κ2) is 4.93. The Labute approximate surface area is 98.8 Å². The highest BCUT2D eigenvalue weighted by atomic mass is 16.2. The molecule has 1 aliphatic heterocycles. The minimum absolute atomic E-state index is 0.143. The number of aryl methyl sites for hydroxylation is 1. The number of piperazine rings is 1. The van der Waals surface area contributed by atoms with Gasteiger partial charge in [0.05, 0.1) is 6.07 Å². The van der Waals surface area contributed by atoms with E-state index in [1.54, 1.807) is 0 Å². The fraction of sp³-hybridized carbons (Fsp3) is 0.600. The van der Waals surface area contributed by atoms with Crippen molar-refractivity contribution in [3.05, 3.63) is 11.6 Å². The maximum atomic E-state index is 12.1. The van der Waals surface area contributed by atoms with Crippen LogP contribution in [0.25, 0.3) is 0 Å². The summed E-state index contributed by atoms with van der Waals surface area (Å²) in [4.78, 5) is 17.7. The largest absolute Gasteiger partial charge is 0.317 e. The zero-order chi connectivity index (χ0) is 12.3. The molecule has 2 N–H and O–H groups in total. The third-order valence-corrected chi connectivity index (χ3v) is 2.71. The Hall–Kier alpha value is -1.94. The minimum atomic E-state index is -0.445. The van der Waals surface area contributed by atoms with Gasteiger partial charge in [0, 0.05) is 26.1 Å². The molecule has 0 bridgehead atoms. The molecule has 1 saturated heterocycles. The number of H-pyrrole nitrogens is 1. The van der Waals surface area contributed by atoms with Gasteiger partial charge in [-0.1, -0.05) is 6.92 Å². The Morgan fingerprint density at radius 2 is 2.53 bits per heavy atom. The first-order valence-corrected chi connectivity index (χ1v) is 5.58. The molecule has 7 nitrogen and oxygen atoms in total. The first-order chi connectivity index (χ1) is 8.26. The number of aromatic amines is 1. The highest BCUT2D eigenvalue weighted by Crippen LogP contribution is 2.07. The first-order valence-electron chi connectivity index (χ1n) is 5.58. The Balaban J connectivity index is 2.15. The summed E-state index contributed by atoms with van der Waals surface area (Å²) in [5, 5.41) is 18.6. The maximum absolute atomic E-state index is 12.1. The van der Waals surface area contributed by atoms with Gasteiger partial charge in [-0.15, -0.1) is 5.10 Å². The second-order valence-electron chi connectivity index (χ2n) is 3.81. The number of nitrogens with one attached hydrogen (secondary N) is 2. The van der Waals surface area contributed by atoms with E-state index in [4.69, 9.17) is 5.26 Å². The molecule has 0 aromatic carbocycles. The standard InChI is InChI=1S/C10H14N6O/c1-2-8-13-9(15-14-8)10(17)16-4-3-12-6-7(16)5-11/h7,12H,2-4,6H2,1H3,(H,13,14,15). The van der Waals surface area contributed by atoms with Crippen molar-refractivity contribution in [2.75, 3.05) is 19.6 Å². The van der Waals surface area contributed by atoms with Crippen LogP contribution in [0.5, 0.6) is 0 Å². The van der Waals surface area contributed by atoms with Crippen LogP contribution in [0.1, 0.15) is 23.4 Å². The van der Waals surface area contributed by atoms with Crippen LogP contribution in [0, 0.1) is 11.3 Å². The summed E-state index contributed by atoms with van der Waals surface area (Å²) < 4.78 is 0. The minimum Gasteiger partial charge on any atom is -0.317 e. The van der Waals surface area contributed by atoms with Crippen molar-refractivity contribution in [3.63, 3.8) is 0 Å². The Kier molecular flexibility index (Phi) is 3.35. The van der Waals surface area contributed by atoms with Crippen molar-refractivity contribution in [2.24, 2.45) is 0 Å². The van der Waals surface area contributed by atoms with Crippen molar-refractivity contribution in [1.29, 1.82) is 5.26 Å². The maximum Gasteiger partial charge on any atom is 0.294 e. The van der Waals surface area contributed by atoms with Crippen molar-refractivity contribution < 1.29 is 4.79 Å². The molecule has 0 spiro atoms. The summed E-state index contributed by atoms with van der Waals surface area (Å²) in [6.45, 7) is 3.62. The van der Waals surface area contributed by atoms with Crippen LogP contribution in [0.15, 0.2) is 0 Å². The molecule has 0 aliphatic carbocycles. The van der Waals surface area contributed by atoms with Gasteiger partial charge in [0.1, 0.15) is 11.9 Å². The zero-order valence-corrected chi connectivity index (χ0v) is 9.60. The summed E-state index contributed by atoms with van der Waals surface area (Å²) in [6, 6.07) is 1.66. The molecule has 90 valence electrons. The molecule has 0 saturated carbocycles. The first kappa shape index (κ1) is 11.5. The monoisotopic (exact) mass is 234 g/mol. The smallest absolute Gasteiger partial charge is 0.294 e. The van der Waals surface area contributed by atoms with Gasteiger partial charge in [-0.25, -0.2) is 4.98 Å². The van der Waals surface area contributed by atoms with Gasteiger partial charge >= 0.3 is 0 Å². The lowest BCUT2D eigenvalue weighted by molar-refractivity contribution is 0.0675. The molecule has 1 aliphatic rings. The molecule has 1 aromatic rings. The lowest BCUT2D eigenvalue weighted by Crippen LogP contribution is -2.53. The molecule has 1 fully saturated rings. The van der Waals surface area contributed by atoms with Crippen molar-refractivity contribution in [2.45, 2.75) is 19.4 Å². The van der Waals surface area contributed by atoms with Gasteiger partial charge in [-0.3, -0.25) is 9.89 Å². The second-order valence-corrected chi connectivity index (χ2v) is 3.81. The Bertz CT molecular complexity index is 448. The van der Waals surface area contributed by atoms with E-state index in [1.165, 1.54) is 4.90 Å². The quantitative estimate of drug-likeness (QED) is 0.705. The van der Waals surface area contributed by atoms with Crippen molar-refractivity contribution >= 4 is 5.91 Å². The van der Waals surface area contributed by atoms with E-state index >= 15 is 0 Å². The van der Waals surface area contributed by atoms with E-state index in [9.17, 15) is 4.79 Å². The van der Waals surface area contributed by atoms with Gasteiger partial charge in [0.15, 0.2) is 0 Å². The zero-order valence-electron chi connectivity index (χ0n) is 9.60. The van der Waals surface area contributed by atoms with Gasteiger partial charge in [-0.2, -0.15) is 5.26 Å². The molecule has 0 radical (unpaired) electrons. The molecule has 17 heavy (non-hydrogen) atoms. The fourth-order valence-corrected chi connectivity index (χ4v) is 1.74. The van der Waals surface area contributed by atoms with Crippen LogP contribution in [0.3, 0.4) is 0 Å². The summed E-state index contributed by atoms with van der Waals surface area (Å²) in [6.07, 6.45) is 0.698. The van der Waals surface area contributed by atoms with E-state index in [0.29, 0.717) is 31.9 Å². The lowest BCUT2D eigenvalue weighted by Gasteiger charge is -2.30. The van der Waals surface area contributed by atoms with Crippen LogP contribution in [-0.4, -0.2) is 51.7 Å². The predicted molar refractivity (Wildman–Crippen MR) is 59.1 cm³/mol. The third kappa shape index (κ3) is 2.26. The van der Waals surface area contributed by atoms with E-state index < -0.39 is 6.04 Å². The molecule has 1 aromatic heterocycles. The van der Waals surface area contributed by atoms with Gasteiger partial charge in [0.2, 0.25) is 5.82 Å². The van der Waals surface area contributed by atoms with Crippen molar-refractivity contribution in [1.82, 2.24) is 25.4 Å². The molecular formula is C10H14N6O. The van der Waals surface area contributed by atoms with E-state index in [1.807, 2.05) is 6.92 Å². The molecular weight excluding hydrogens is 220 g/mol.